The maximum Gasteiger partial charge on any atom is 0.251 e. The highest BCUT2D eigenvalue weighted by molar-refractivity contribution is 7.89. The summed E-state index contributed by atoms with van der Waals surface area (Å²) in [6.45, 7) is 3.33. The molecule has 1 saturated carbocycles. The average Bonchev–Trinajstić information content (AvgIpc) is 3.32. The Balaban J connectivity index is 1.70. The van der Waals surface area contributed by atoms with Crippen molar-refractivity contribution in [1.82, 2.24) is 9.62 Å². The SMILES string of the molecule is CCCCC1CCCC1NC(=O)c1cccc(S(=O)(=O)N2CCCC2)c1. The Morgan fingerprint density at radius 2 is 1.96 bits per heavy atom. The number of hydrogen-bond acceptors (Lipinski definition) is 3. The van der Waals surface area contributed by atoms with Crippen LogP contribution in [0.4, 0.5) is 0 Å². The van der Waals surface area contributed by atoms with Crippen LogP contribution in [0.1, 0.15) is 68.6 Å². The van der Waals surface area contributed by atoms with Crippen molar-refractivity contribution >= 4 is 15.9 Å². The van der Waals surface area contributed by atoms with Crippen molar-refractivity contribution in [3.63, 3.8) is 0 Å². The van der Waals surface area contributed by atoms with E-state index in [2.05, 4.69) is 12.2 Å². The molecule has 2 atom stereocenters. The molecule has 3 rings (SSSR count). The first-order valence-corrected chi connectivity index (χ1v) is 11.4. The number of sulfonamides is 1. The molecule has 6 heteroatoms. The highest BCUT2D eigenvalue weighted by Gasteiger charge is 2.30. The van der Waals surface area contributed by atoms with E-state index >= 15 is 0 Å². The van der Waals surface area contributed by atoms with Crippen LogP contribution < -0.4 is 5.32 Å². The van der Waals surface area contributed by atoms with Crippen molar-refractivity contribution in [3.8, 4) is 0 Å². The molecular formula is C20H30N2O3S. The quantitative estimate of drug-likeness (QED) is 0.789. The first-order valence-electron chi connectivity index (χ1n) is 9.93. The highest BCUT2D eigenvalue weighted by atomic mass is 32.2. The molecule has 1 aromatic rings. The van der Waals surface area contributed by atoms with Crippen molar-refractivity contribution in [2.24, 2.45) is 5.92 Å². The van der Waals surface area contributed by atoms with Crippen LogP contribution in [-0.2, 0) is 10.0 Å². The van der Waals surface area contributed by atoms with Gasteiger partial charge in [0.15, 0.2) is 0 Å². The van der Waals surface area contributed by atoms with Crippen LogP contribution >= 0.6 is 0 Å². The second kappa shape index (κ2) is 8.53. The van der Waals surface area contributed by atoms with Gasteiger partial charge < -0.3 is 5.32 Å². The van der Waals surface area contributed by atoms with Crippen molar-refractivity contribution in [2.45, 2.75) is 69.2 Å². The molecule has 1 amide bonds. The van der Waals surface area contributed by atoms with Gasteiger partial charge in [-0.05, 0) is 56.2 Å². The van der Waals surface area contributed by atoms with Gasteiger partial charge in [0.1, 0.15) is 0 Å². The number of nitrogens with one attached hydrogen (secondary N) is 1. The van der Waals surface area contributed by atoms with Crippen LogP contribution in [0.2, 0.25) is 0 Å². The molecule has 1 aliphatic carbocycles. The summed E-state index contributed by atoms with van der Waals surface area (Å²) in [6, 6.07) is 6.70. The molecule has 1 saturated heterocycles. The van der Waals surface area contributed by atoms with E-state index in [9.17, 15) is 13.2 Å². The minimum Gasteiger partial charge on any atom is -0.349 e. The smallest absolute Gasteiger partial charge is 0.251 e. The highest BCUT2D eigenvalue weighted by Crippen LogP contribution is 2.30. The molecule has 0 bridgehead atoms. The zero-order valence-electron chi connectivity index (χ0n) is 15.6. The molecule has 5 nitrogen and oxygen atoms in total. The fourth-order valence-corrected chi connectivity index (χ4v) is 5.73. The summed E-state index contributed by atoms with van der Waals surface area (Å²) in [5, 5.41) is 3.15. The molecule has 1 aromatic carbocycles. The van der Waals surface area contributed by atoms with E-state index in [-0.39, 0.29) is 16.8 Å². The summed E-state index contributed by atoms with van der Waals surface area (Å²) in [7, 11) is -3.49. The topological polar surface area (TPSA) is 66.5 Å². The maximum atomic E-state index is 12.7. The average molecular weight is 379 g/mol. The van der Waals surface area contributed by atoms with Crippen molar-refractivity contribution in [3.05, 3.63) is 29.8 Å². The minimum absolute atomic E-state index is 0.156. The molecule has 0 aromatic heterocycles. The molecule has 0 spiro atoms. The standard InChI is InChI=1S/C20H30N2O3S/c1-2-3-8-16-9-7-12-19(16)21-20(23)17-10-6-11-18(15-17)26(24,25)22-13-4-5-14-22/h6,10-11,15-16,19H,2-5,7-9,12-14H2,1H3,(H,21,23). The van der Waals surface area contributed by atoms with Crippen LogP contribution in [0.3, 0.4) is 0 Å². The monoisotopic (exact) mass is 378 g/mol. The van der Waals surface area contributed by atoms with E-state index in [4.69, 9.17) is 0 Å². The van der Waals surface area contributed by atoms with E-state index in [1.807, 2.05) is 0 Å². The van der Waals surface area contributed by atoms with Crippen LogP contribution in [0.15, 0.2) is 29.2 Å². The van der Waals surface area contributed by atoms with Crippen LogP contribution in [0.25, 0.3) is 0 Å². The largest absolute Gasteiger partial charge is 0.349 e. The van der Waals surface area contributed by atoms with Gasteiger partial charge in [-0.2, -0.15) is 4.31 Å². The molecule has 1 N–H and O–H groups in total. The Bertz CT molecular complexity index is 726. The van der Waals surface area contributed by atoms with Gasteiger partial charge in [-0.25, -0.2) is 8.42 Å². The summed E-state index contributed by atoms with van der Waals surface area (Å²) >= 11 is 0. The normalized spacial score (nSPS) is 24.0. The van der Waals surface area contributed by atoms with Gasteiger partial charge in [-0.3, -0.25) is 4.79 Å². The predicted octanol–water partition coefficient (Wildman–Crippen LogP) is 3.56. The summed E-state index contributed by atoms with van der Waals surface area (Å²) in [5.41, 5.74) is 0.436. The lowest BCUT2D eigenvalue weighted by molar-refractivity contribution is 0.0926. The van der Waals surface area contributed by atoms with E-state index in [1.54, 1.807) is 18.2 Å². The molecule has 2 unspecified atom stereocenters. The van der Waals surface area contributed by atoms with Gasteiger partial charge in [-0.1, -0.05) is 32.3 Å². The van der Waals surface area contributed by atoms with Gasteiger partial charge in [0.05, 0.1) is 4.90 Å². The summed E-state index contributed by atoms with van der Waals surface area (Å²) in [4.78, 5) is 12.9. The summed E-state index contributed by atoms with van der Waals surface area (Å²) in [6.07, 6.45) is 8.68. The molecule has 1 heterocycles. The lowest BCUT2D eigenvalue weighted by atomic mass is 9.96. The van der Waals surface area contributed by atoms with Crippen molar-refractivity contribution in [1.29, 1.82) is 0 Å². The first-order chi connectivity index (χ1) is 12.5. The number of hydrogen-bond donors (Lipinski definition) is 1. The third-order valence-corrected chi connectivity index (χ3v) is 7.60. The van der Waals surface area contributed by atoms with Crippen LogP contribution in [0, 0.1) is 5.92 Å². The van der Waals surface area contributed by atoms with E-state index in [0.29, 0.717) is 24.6 Å². The first kappa shape index (κ1) is 19.4. The number of rotatable bonds is 7. The predicted molar refractivity (Wildman–Crippen MR) is 103 cm³/mol. The molecule has 1 aliphatic heterocycles. The lowest BCUT2D eigenvalue weighted by Crippen LogP contribution is -2.37. The maximum absolute atomic E-state index is 12.7. The zero-order chi connectivity index (χ0) is 18.6. The van der Waals surface area contributed by atoms with Crippen molar-refractivity contribution < 1.29 is 13.2 Å². The second-order valence-corrected chi connectivity index (χ2v) is 9.49. The van der Waals surface area contributed by atoms with E-state index < -0.39 is 10.0 Å². The Morgan fingerprint density at radius 3 is 2.69 bits per heavy atom. The molecule has 144 valence electrons. The Morgan fingerprint density at radius 1 is 1.19 bits per heavy atom. The summed E-state index contributed by atoms with van der Waals surface area (Å²) in [5.74, 6) is 0.396. The zero-order valence-corrected chi connectivity index (χ0v) is 16.4. The number of carbonyl (C=O) groups is 1. The van der Waals surface area contributed by atoms with Gasteiger partial charge >= 0.3 is 0 Å². The number of amides is 1. The molecular weight excluding hydrogens is 348 g/mol. The number of unbranched alkanes of at least 4 members (excludes halogenated alkanes) is 1. The minimum atomic E-state index is -3.49. The molecule has 2 fully saturated rings. The second-order valence-electron chi connectivity index (χ2n) is 7.55. The van der Waals surface area contributed by atoms with Gasteiger partial charge in [0.25, 0.3) is 5.91 Å². The van der Waals surface area contributed by atoms with E-state index in [0.717, 1.165) is 32.1 Å². The number of benzene rings is 1. The fraction of sp³-hybridized carbons (Fsp3) is 0.650. The number of carbonyl (C=O) groups excluding carboxylic acids is 1. The van der Waals surface area contributed by atoms with Gasteiger partial charge in [0.2, 0.25) is 10.0 Å². The lowest BCUT2D eigenvalue weighted by Gasteiger charge is -2.21. The Labute approximate surface area is 157 Å². The number of nitrogens with zero attached hydrogens (tertiary/aromatic N) is 1. The molecule has 26 heavy (non-hydrogen) atoms. The van der Waals surface area contributed by atoms with Gasteiger partial charge in [-0.15, -0.1) is 0 Å². The third-order valence-electron chi connectivity index (χ3n) is 5.70. The Hall–Kier alpha value is -1.40. The molecule has 2 aliphatic rings. The van der Waals surface area contributed by atoms with Crippen LogP contribution in [-0.4, -0.2) is 37.8 Å². The van der Waals surface area contributed by atoms with Gasteiger partial charge in [0, 0.05) is 24.7 Å². The fourth-order valence-electron chi connectivity index (χ4n) is 4.17. The van der Waals surface area contributed by atoms with Crippen molar-refractivity contribution in [2.75, 3.05) is 13.1 Å². The molecule has 0 radical (unpaired) electrons. The van der Waals surface area contributed by atoms with E-state index in [1.165, 1.54) is 29.6 Å². The van der Waals surface area contributed by atoms with Crippen LogP contribution in [0.5, 0.6) is 0 Å². The Kier molecular flexibility index (Phi) is 6.35. The third kappa shape index (κ3) is 4.29. The summed E-state index contributed by atoms with van der Waals surface area (Å²) < 4.78 is 27.0.